The first-order chi connectivity index (χ1) is 4.39. The van der Waals surface area contributed by atoms with Crippen molar-refractivity contribution in [2.75, 3.05) is 13.1 Å². The van der Waals surface area contributed by atoms with Gasteiger partial charge in [-0.25, -0.2) is 0 Å². The first-order valence-electron chi connectivity index (χ1n) is 4.10. The minimum Gasteiger partial charge on any atom is -0.316 e. The molecule has 1 heterocycles. The van der Waals surface area contributed by atoms with Gasteiger partial charge in [-0.3, -0.25) is 0 Å². The molecule has 0 spiro atoms. The molecule has 0 aromatic carbocycles. The van der Waals surface area contributed by atoms with E-state index in [9.17, 15) is 0 Å². The van der Waals surface area contributed by atoms with Gasteiger partial charge in [0.15, 0.2) is 0 Å². The topological polar surface area (TPSA) is 12.0 Å². The van der Waals surface area contributed by atoms with Crippen molar-refractivity contribution in [1.82, 2.24) is 5.32 Å². The lowest BCUT2D eigenvalue weighted by atomic mass is 10.2. The summed E-state index contributed by atoms with van der Waals surface area (Å²) in [5, 5.41) is 3.47. The summed E-state index contributed by atoms with van der Waals surface area (Å²) in [5.74, 6) is 3.19. The van der Waals surface area contributed by atoms with Gasteiger partial charge in [0.05, 0.1) is 0 Å². The quantitative estimate of drug-likeness (QED) is 0.514. The molecule has 0 amide bonds. The van der Waals surface area contributed by atoms with Gasteiger partial charge in [-0.1, -0.05) is 6.92 Å². The Morgan fingerprint density at radius 1 is 1.33 bits per heavy atom. The maximum absolute atomic E-state index is 3.47. The Bertz CT molecular complexity index is 99.1. The van der Waals surface area contributed by atoms with Crippen LogP contribution in [0.1, 0.15) is 19.8 Å². The summed E-state index contributed by atoms with van der Waals surface area (Å²) >= 11 is 0. The van der Waals surface area contributed by atoms with E-state index >= 15 is 0 Å². The van der Waals surface area contributed by atoms with Crippen molar-refractivity contribution in [2.45, 2.75) is 19.8 Å². The van der Waals surface area contributed by atoms with Crippen molar-refractivity contribution in [3.63, 3.8) is 0 Å². The largest absolute Gasteiger partial charge is 0.316 e. The van der Waals surface area contributed by atoms with Crippen molar-refractivity contribution in [1.29, 1.82) is 0 Å². The van der Waals surface area contributed by atoms with Crippen LogP contribution in [0.25, 0.3) is 0 Å². The molecule has 0 aromatic rings. The third-order valence-corrected chi connectivity index (χ3v) is 3.03. The van der Waals surface area contributed by atoms with Gasteiger partial charge in [0.25, 0.3) is 0 Å². The number of hydrogen-bond acceptors (Lipinski definition) is 1. The highest BCUT2D eigenvalue weighted by Gasteiger charge is 2.45. The molecule has 1 aliphatic carbocycles. The van der Waals surface area contributed by atoms with E-state index in [0.717, 1.165) is 17.8 Å². The van der Waals surface area contributed by atoms with Gasteiger partial charge < -0.3 is 5.32 Å². The van der Waals surface area contributed by atoms with Crippen LogP contribution in [0.4, 0.5) is 0 Å². The lowest BCUT2D eigenvalue weighted by molar-refractivity contribution is 0.601. The van der Waals surface area contributed by atoms with Crippen molar-refractivity contribution < 1.29 is 0 Å². The summed E-state index contributed by atoms with van der Waals surface area (Å²) < 4.78 is 0. The molecule has 2 rings (SSSR count). The number of fused-ring (bicyclic) bond motifs is 1. The number of nitrogens with one attached hydrogen (secondary N) is 1. The highest BCUT2D eigenvalue weighted by molar-refractivity contribution is 4.96. The normalized spacial score (nSPS) is 49.7. The zero-order chi connectivity index (χ0) is 6.27. The van der Waals surface area contributed by atoms with Gasteiger partial charge in [0.1, 0.15) is 0 Å². The van der Waals surface area contributed by atoms with Gasteiger partial charge >= 0.3 is 0 Å². The fraction of sp³-hybridized carbons (Fsp3) is 1.00. The van der Waals surface area contributed by atoms with Crippen LogP contribution in [-0.2, 0) is 0 Å². The fourth-order valence-electron chi connectivity index (χ4n) is 2.18. The van der Waals surface area contributed by atoms with E-state index in [-0.39, 0.29) is 0 Å². The number of rotatable bonds is 0. The lowest BCUT2D eigenvalue weighted by Gasteiger charge is -1.98. The van der Waals surface area contributed by atoms with Crippen molar-refractivity contribution >= 4 is 0 Å². The molecule has 1 aliphatic heterocycles. The van der Waals surface area contributed by atoms with Gasteiger partial charge in [-0.2, -0.15) is 0 Å². The summed E-state index contributed by atoms with van der Waals surface area (Å²) in [4.78, 5) is 0. The third kappa shape index (κ3) is 0.877. The Hall–Kier alpha value is -0.0400. The van der Waals surface area contributed by atoms with Crippen molar-refractivity contribution in [3.8, 4) is 0 Å². The molecule has 52 valence electrons. The second-order valence-electron chi connectivity index (χ2n) is 3.53. The standard InChI is InChI=1S/C8H15N/c1-6-7-3-2-4-9-5-8(6)7/h6-9H,2-5H2,1H3. The SMILES string of the molecule is CC1C2CCCNCC12. The van der Waals surface area contributed by atoms with E-state index in [1.165, 1.54) is 25.9 Å². The molecule has 1 saturated carbocycles. The first kappa shape index (κ1) is 5.72. The Labute approximate surface area is 56.8 Å². The fourth-order valence-corrected chi connectivity index (χ4v) is 2.18. The van der Waals surface area contributed by atoms with Crippen LogP contribution in [0.3, 0.4) is 0 Å². The highest BCUT2D eigenvalue weighted by atomic mass is 14.9. The van der Waals surface area contributed by atoms with Crippen LogP contribution in [0.15, 0.2) is 0 Å². The minimum atomic E-state index is 1.04. The van der Waals surface area contributed by atoms with E-state index in [4.69, 9.17) is 0 Å². The monoisotopic (exact) mass is 125 g/mol. The third-order valence-electron chi connectivity index (χ3n) is 3.03. The molecule has 0 bridgehead atoms. The summed E-state index contributed by atoms with van der Waals surface area (Å²) in [6.07, 6.45) is 2.89. The van der Waals surface area contributed by atoms with Crippen LogP contribution >= 0.6 is 0 Å². The van der Waals surface area contributed by atoms with Crippen molar-refractivity contribution in [2.24, 2.45) is 17.8 Å². The zero-order valence-electron chi connectivity index (χ0n) is 6.06. The van der Waals surface area contributed by atoms with E-state index in [2.05, 4.69) is 12.2 Å². The van der Waals surface area contributed by atoms with E-state index in [1.54, 1.807) is 0 Å². The average molecular weight is 125 g/mol. The molecule has 9 heavy (non-hydrogen) atoms. The van der Waals surface area contributed by atoms with Gasteiger partial charge in [0.2, 0.25) is 0 Å². The number of hydrogen-bond donors (Lipinski definition) is 1. The van der Waals surface area contributed by atoms with Crippen LogP contribution < -0.4 is 5.32 Å². The van der Waals surface area contributed by atoms with Gasteiger partial charge in [0, 0.05) is 0 Å². The van der Waals surface area contributed by atoms with Gasteiger partial charge in [-0.05, 0) is 43.7 Å². The first-order valence-corrected chi connectivity index (χ1v) is 4.10. The lowest BCUT2D eigenvalue weighted by Crippen LogP contribution is -2.16. The molecule has 2 fully saturated rings. The van der Waals surface area contributed by atoms with E-state index in [0.29, 0.717) is 0 Å². The summed E-state index contributed by atoms with van der Waals surface area (Å²) in [6.45, 7) is 4.95. The predicted molar refractivity (Wildman–Crippen MR) is 38.2 cm³/mol. The molecule has 3 unspecified atom stereocenters. The maximum atomic E-state index is 3.47. The molecular formula is C8H15N. The summed E-state index contributed by atoms with van der Waals surface area (Å²) in [6, 6.07) is 0. The van der Waals surface area contributed by atoms with Crippen LogP contribution in [0.5, 0.6) is 0 Å². The van der Waals surface area contributed by atoms with Crippen LogP contribution in [-0.4, -0.2) is 13.1 Å². The Kier molecular flexibility index (Phi) is 1.26. The highest BCUT2D eigenvalue weighted by Crippen LogP contribution is 2.49. The second kappa shape index (κ2) is 1.98. The van der Waals surface area contributed by atoms with Crippen molar-refractivity contribution in [3.05, 3.63) is 0 Å². The summed E-state index contributed by atoms with van der Waals surface area (Å²) in [7, 11) is 0. The van der Waals surface area contributed by atoms with Crippen LogP contribution in [0.2, 0.25) is 0 Å². The molecule has 0 radical (unpaired) electrons. The maximum Gasteiger partial charge on any atom is -0.00151 e. The predicted octanol–water partition coefficient (Wildman–Crippen LogP) is 1.25. The molecular weight excluding hydrogens is 110 g/mol. The second-order valence-corrected chi connectivity index (χ2v) is 3.53. The summed E-state index contributed by atoms with van der Waals surface area (Å²) in [5.41, 5.74) is 0. The van der Waals surface area contributed by atoms with E-state index < -0.39 is 0 Å². The Morgan fingerprint density at radius 2 is 2.22 bits per heavy atom. The van der Waals surface area contributed by atoms with E-state index in [1.807, 2.05) is 0 Å². The molecule has 1 heteroatoms. The molecule has 0 aromatic heterocycles. The minimum absolute atomic E-state index is 1.04. The zero-order valence-corrected chi connectivity index (χ0v) is 6.06. The molecule has 3 atom stereocenters. The molecule has 1 saturated heterocycles. The molecule has 1 nitrogen and oxygen atoms in total. The van der Waals surface area contributed by atoms with Crippen LogP contribution in [0, 0.1) is 17.8 Å². The Balaban J connectivity index is 1.93. The van der Waals surface area contributed by atoms with Gasteiger partial charge in [-0.15, -0.1) is 0 Å². The molecule has 1 N–H and O–H groups in total. The Morgan fingerprint density at radius 3 is 3.11 bits per heavy atom. The average Bonchev–Trinajstić information content (AvgIpc) is 2.51. The smallest absolute Gasteiger partial charge is 0.00151 e. The molecule has 2 aliphatic rings.